The first-order valence-electron chi connectivity index (χ1n) is 7.67. The third-order valence-electron chi connectivity index (χ3n) is 3.43. The van der Waals surface area contributed by atoms with E-state index in [9.17, 15) is 4.79 Å². The fourth-order valence-corrected chi connectivity index (χ4v) is 2.74. The Labute approximate surface area is 149 Å². The number of methoxy groups -OCH3 is 1. The van der Waals surface area contributed by atoms with E-state index in [1.54, 1.807) is 26.2 Å². The third kappa shape index (κ3) is 4.13. The number of aromatic nitrogens is 2. The van der Waals surface area contributed by atoms with Crippen molar-refractivity contribution < 1.29 is 14.3 Å². The van der Waals surface area contributed by atoms with Crippen LogP contribution >= 0.6 is 11.5 Å². The molecule has 6 nitrogen and oxygen atoms in total. The maximum atomic E-state index is 12.3. The lowest BCUT2D eigenvalue weighted by atomic mass is 10.2. The lowest BCUT2D eigenvalue weighted by Gasteiger charge is -2.15. The summed E-state index contributed by atoms with van der Waals surface area (Å²) >= 11 is 1.13. The average Bonchev–Trinajstić information content (AvgIpc) is 3.11. The second-order valence-electron chi connectivity index (χ2n) is 5.19. The molecule has 25 heavy (non-hydrogen) atoms. The lowest BCUT2D eigenvalue weighted by molar-refractivity contribution is -0.122. The summed E-state index contributed by atoms with van der Waals surface area (Å²) in [6.45, 7) is 1.67. The van der Waals surface area contributed by atoms with E-state index in [1.165, 1.54) is 0 Å². The standard InChI is InChI=1S/C18H17N3O3S/c1-12(24-15-11-7-6-10-14(15)23-2)17(22)20-18-19-16(21-25-18)13-8-4-3-5-9-13/h3-12H,1-2H3,(H,19,20,21,22)/t12-/m0/s1. The molecule has 128 valence electrons. The van der Waals surface area contributed by atoms with Crippen LogP contribution in [0.5, 0.6) is 11.5 Å². The number of benzene rings is 2. The summed E-state index contributed by atoms with van der Waals surface area (Å²) in [5, 5.41) is 3.16. The van der Waals surface area contributed by atoms with Gasteiger partial charge < -0.3 is 9.47 Å². The van der Waals surface area contributed by atoms with Gasteiger partial charge in [0.25, 0.3) is 5.91 Å². The maximum absolute atomic E-state index is 12.3. The van der Waals surface area contributed by atoms with Gasteiger partial charge in [-0.3, -0.25) is 10.1 Å². The second kappa shape index (κ2) is 7.76. The first-order valence-corrected chi connectivity index (χ1v) is 8.44. The number of amides is 1. The van der Waals surface area contributed by atoms with Gasteiger partial charge in [0, 0.05) is 17.1 Å². The van der Waals surface area contributed by atoms with Crippen LogP contribution in [0, 0.1) is 0 Å². The molecule has 3 rings (SSSR count). The normalized spacial score (nSPS) is 11.6. The fourth-order valence-electron chi connectivity index (χ4n) is 2.15. The van der Waals surface area contributed by atoms with Crippen LogP contribution in [0.1, 0.15) is 6.92 Å². The number of nitrogens with zero attached hydrogens (tertiary/aromatic N) is 2. The molecule has 0 fully saturated rings. The molecule has 1 amide bonds. The minimum atomic E-state index is -0.708. The molecule has 3 aromatic rings. The van der Waals surface area contributed by atoms with Crippen LogP contribution in [0.15, 0.2) is 54.6 Å². The van der Waals surface area contributed by atoms with Gasteiger partial charge in [0.05, 0.1) is 7.11 Å². The number of carbonyl (C=O) groups is 1. The highest BCUT2D eigenvalue weighted by molar-refractivity contribution is 7.10. The SMILES string of the molecule is COc1ccccc1O[C@@H](C)C(=O)Nc1nc(-c2ccccc2)ns1. The van der Waals surface area contributed by atoms with Gasteiger partial charge >= 0.3 is 0 Å². The summed E-state index contributed by atoms with van der Waals surface area (Å²) in [7, 11) is 1.55. The maximum Gasteiger partial charge on any atom is 0.266 e. The van der Waals surface area contributed by atoms with E-state index in [1.807, 2.05) is 42.5 Å². The van der Waals surface area contributed by atoms with Gasteiger partial charge in [-0.2, -0.15) is 9.36 Å². The molecular formula is C18H17N3O3S. The van der Waals surface area contributed by atoms with Crippen LogP contribution in [0.25, 0.3) is 11.4 Å². The Hall–Kier alpha value is -2.93. The first-order chi connectivity index (χ1) is 12.2. The molecule has 1 N–H and O–H groups in total. The van der Waals surface area contributed by atoms with Gasteiger partial charge in [-0.1, -0.05) is 42.5 Å². The van der Waals surface area contributed by atoms with Crippen LogP contribution in [0.3, 0.4) is 0 Å². The van der Waals surface area contributed by atoms with Crippen molar-refractivity contribution in [1.29, 1.82) is 0 Å². The van der Waals surface area contributed by atoms with Crippen molar-refractivity contribution in [3.8, 4) is 22.9 Å². The van der Waals surface area contributed by atoms with E-state index in [0.717, 1.165) is 17.1 Å². The molecular weight excluding hydrogens is 338 g/mol. The average molecular weight is 355 g/mol. The monoisotopic (exact) mass is 355 g/mol. The van der Waals surface area contributed by atoms with E-state index < -0.39 is 6.10 Å². The molecule has 0 aliphatic rings. The molecule has 7 heteroatoms. The fraction of sp³-hybridized carbons (Fsp3) is 0.167. The number of anilines is 1. The molecule has 1 aromatic heterocycles. The number of para-hydroxylation sites is 2. The molecule has 0 aliphatic carbocycles. The second-order valence-corrected chi connectivity index (χ2v) is 5.94. The molecule has 0 bridgehead atoms. The summed E-state index contributed by atoms with van der Waals surface area (Å²) in [6, 6.07) is 16.8. The van der Waals surface area contributed by atoms with E-state index in [2.05, 4.69) is 14.7 Å². The van der Waals surface area contributed by atoms with Gasteiger partial charge in [0.1, 0.15) is 0 Å². The summed E-state index contributed by atoms with van der Waals surface area (Å²) in [5.74, 6) is 1.36. The number of hydrogen-bond donors (Lipinski definition) is 1. The first kappa shape index (κ1) is 16.9. The Kier molecular flexibility index (Phi) is 5.25. The van der Waals surface area contributed by atoms with E-state index >= 15 is 0 Å². The van der Waals surface area contributed by atoms with E-state index in [-0.39, 0.29) is 5.91 Å². The Morgan fingerprint density at radius 3 is 2.48 bits per heavy atom. The zero-order valence-corrected chi connectivity index (χ0v) is 14.6. The number of ether oxygens (including phenoxy) is 2. The molecule has 0 spiro atoms. The quantitative estimate of drug-likeness (QED) is 0.731. The molecule has 0 saturated carbocycles. The van der Waals surface area contributed by atoms with E-state index in [0.29, 0.717) is 22.5 Å². The van der Waals surface area contributed by atoms with Crippen LogP contribution in [0.2, 0.25) is 0 Å². The van der Waals surface area contributed by atoms with Crippen LogP contribution in [-0.4, -0.2) is 28.5 Å². The molecule has 0 radical (unpaired) electrons. The Balaban J connectivity index is 1.65. The van der Waals surface area contributed by atoms with Crippen molar-refractivity contribution in [2.24, 2.45) is 0 Å². The van der Waals surface area contributed by atoms with Crippen molar-refractivity contribution in [2.45, 2.75) is 13.0 Å². The largest absolute Gasteiger partial charge is 0.493 e. The zero-order valence-electron chi connectivity index (χ0n) is 13.8. The highest BCUT2D eigenvalue weighted by Crippen LogP contribution is 2.27. The van der Waals surface area contributed by atoms with Gasteiger partial charge in [0.15, 0.2) is 23.4 Å². The number of hydrogen-bond acceptors (Lipinski definition) is 6. The van der Waals surface area contributed by atoms with Crippen molar-refractivity contribution in [2.75, 3.05) is 12.4 Å². The molecule has 1 atom stereocenters. The van der Waals surface area contributed by atoms with Crippen molar-refractivity contribution >= 4 is 22.6 Å². The Bertz CT molecular complexity index is 852. The summed E-state index contributed by atoms with van der Waals surface area (Å²) < 4.78 is 15.2. The number of nitrogens with one attached hydrogen (secondary N) is 1. The predicted octanol–water partition coefficient (Wildman–Crippen LogP) is 3.62. The van der Waals surface area contributed by atoms with Gasteiger partial charge in [-0.15, -0.1) is 0 Å². The molecule has 2 aromatic carbocycles. The summed E-state index contributed by atoms with van der Waals surface area (Å²) in [6.07, 6.45) is -0.708. The van der Waals surface area contributed by atoms with Gasteiger partial charge in [-0.05, 0) is 19.1 Å². The van der Waals surface area contributed by atoms with Crippen molar-refractivity contribution in [3.63, 3.8) is 0 Å². The molecule has 0 aliphatic heterocycles. The Morgan fingerprint density at radius 1 is 1.08 bits per heavy atom. The number of carbonyl (C=O) groups excluding carboxylic acids is 1. The van der Waals surface area contributed by atoms with Gasteiger partial charge in [0.2, 0.25) is 5.13 Å². The zero-order chi connectivity index (χ0) is 17.6. The smallest absolute Gasteiger partial charge is 0.266 e. The highest BCUT2D eigenvalue weighted by Gasteiger charge is 2.18. The minimum absolute atomic E-state index is 0.304. The lowest BCUT2D eigenvalue weighted by Crippen LogP contribution is -2.30. The van der Waals surface area contributed by atoms with Crippen molar-refractivity contribution in [1.82, 2.24) is 9.36 Å². The predicted molar refractivity (Wildman–Crippen MR) is 97.1 cm³/mol. The molecule has 0 saturated heterocycles. The van der Waals surface area contributed by atoms with Crippen LogP contribution < -0.4 is 14.8 Å². The third-order valence-corrected chi connectivity index (χ3v) is 4.06. The summed E-state index contributed by atoms with van der Waals surface area (Å²) in [5.41, 5.74) is 0.901. The highest BCUT2D eigenvalue weighted by atomic mass is 32.1. The van der Waals surface area contributed by atoms with Crippen molar-refractivity contribution in [3.05, 3.63) is 54.6 Å². The number of rotatable bonds is 6. The topological polar surface area (TPSA) is 73.3 Å². The minimum Gasteiger partial charge on any atom is -0.493 e. The van der Waals surface area contributed by atoms with Crippen LogP contribution in [-0.2, 0) is 4.79 Å². The van der Waals surface area contributed by atoms with Crippen LogP contribution in [0.4, 0.5) is 5.13 Å². The summed E-state index contributed by atoms with van der Waals surface area (Å²) in [4.78, 5) is 16.7. The molecule has 1 heterocycles. The molecule has 0 unspecified atom stereocenters. The van der Waals surface area contributed by atoms with E-state index in [4.69, 9.17) is 9.47 Å². The van der Waals surface area contributed by atoms with Gasteiger partial charge in [-0.25, -0.2) is 0 Å². The Morgan fingerprint density at radius 2 is 1.76 bits per heavy atom.